The third kappa shape index (κ3) is 2.83. The average Bonchev–Trinajstić information content (AvgIpc) is 2.82. The van der Waals surface area contributed by atoms with Gasteiger partial charge in [-0.15, -0.1) is 0 Å². The molecule has 5 heteroatoms. The Morgan fingerprint density at radius 3 is 2.83 bits per heavy atom. The van der Waals surface area contributed by atoms with Crippen molar-refractivity contribution in [1.82, 2.24) is 14.9 Å². The Morgan fingerprint density at radius 2 is 2.28 bits per heavy atom. The molecule has 0 radical (unpaired) electrons. The maximum absolute atomic E-state index is 12.2. The number of amides is 1. The normalized spacial score (nSPS) is 24.3. The number of rotatable bonds is 1. The minimum Gasteiger partial charge on any atom is -0.444 e. The number of aromatic amines is 1. The van der Waals surface area contributed by atoms with Gasteiger partial charge in [0, 0.05) is 18.9 Å². The van der Waals surface area contributed by atoms with Crippen LogP contribution in [-0.2, 0) is 4.74 Å². The lowest BCUT2D eigenvalue weighted by Gasteiger charge is -2.27. The summed E-state index contributed by atoms with van der Waals surface area (Å²) in [4.78, 5) is 21.3. The lowest BCUT2D eigenvalue weighted by molar-refractivity contribution is 0.0214. The molecule has 2 rings (SSSR count). The molecule has 1 aliphatic heterocycles. The van der Waals surface area contributed by atoms with Gasteiger partial charge in [0.05, 0.1) is 6.04 Å². The molecule has 2 heterocycles. The van der Waals surface area contributed by atoms with Crippen molar-refractivity contribution >= 4 is 6.09 Å². The van der Waals surface area contributed by atoms with E-state index < -0.39 is 5.60 Å². The van der Waals surface area contributed by atoms with Gasteiger partial charge in [-0.05, 0) is 33.1 Å². The van der Waals surface area contributed by atoms with E-state index in [1.165, 1.54) is 0 Å². The Labute approximate surface area is 108 Å². The van der Waals surface area contributed by atoms with Crippen molar-refractivity contribution in [2.24, 2.45) is 5.92 Å². The van der Waals surface area contributed by atoms with Gasteiger partial charge in [0.1, 0.15) is 11.4 Å². The highest BCUT2D eigenvalue weighted by Gasteiger charge is 2.37. The highest BCUT2D eigenvalue weighted by molar-refractivity contribution is 5.69. The fourth-order valence-corrected chi connectivity index (χ4v) is 2.29. The summed E-state index contributed by atoms with van der Waals surface area (Å²) in [7, 11) is 0. The number of likely N-dealkylation sites (tertiary alicyclic amines) is 1. The van der Waals surface area contributed by atoms with E-state index in [4.69, 9.17) is 4.74 Å². The quantitative estimate of drug-likeness (QED) is 0.835. The second-order valence-electron chi connectivity index (χ2n) is 5.96. The summed E-state index contributed by atoms with van der Waals surface area (Å²) in [5.41, 5.74) is -0.462. The van der Waals surface area contributed by atoms with E-state index in [0.717, 1.165) is 18.8 Å². The van der Waals surface area contributed by atoms with Crippen LogP contribution < -0.4 is 0 Å². The molecular weight excluding hydrogens is 230 g/mol. The van der Waals surface area contributed by atoms with Crippen molar-refractivity contribution in [2.45, 2.75) is 45.8 Å². The highest BCUT2D eigenvalue weighted by atomic mass is 16.6. The number of hydrogen-bond donors (Lipinski definition) is 1. The van der Waals surface area contributed by atoms with Crippen LogP contribution in [0.15, 0.2) is 12.4 Å². The zero-order valence-electron chi connectivity index (χ0n) is 11.4. The molecule has 2 atom stereocenters. The van der Waals surface area contributed by atoms with Crippen molar-refractivity contribution in [3.63, 3.8) is 0 Å². The number of hydrogen-bond acceptors (Lipinski definition) is 3. The van der Waals surface area contributed by atoms with Gasteiger partial charge in [0.15, 0.2) is 0 Å². The molecule has 1 amide bonds. The van der Waals surface area contributed by atoms with E-state index in [1.807, 2.05) is 20.8 Å². The zero-order chi connectivity index (χ0) is 13.3. The molecule has 2 unspecified atom stereocenters. The highest BCUT2D eigenvalue weighted by Crippen LogP contribution is 2.34. The lowest BCUT2D eigenvalue weighted by Crippen LogP contribution is -2.37. The largest absolute Gasteiger partial charge is 0.444 e. The fraction of sp³-hybridized carbons (Fsp3) is 0.692. The average molecular weight is 251 g/mol. The molecular formula is C13H21N3O2. The van der Waals surface area contributed by atoms with Gasteiger partial charge in [0.2, 0.25) is 0 Å². The van der Waals surface area contributed by atoms with Crippen LogP contribution in [0.2, 0.25) is 0 Å². The molecule has 0 aliphatic carbocycles. The molecule has 1 aromatic heterocycles. The number of imidazole rings is 1. The first-order chi connectivity index (χ1) is 8.37. The molecule has 5 nitrogen and oxygen atoms in total. The summed E-state index contributed by atoms with van der Waals surface area (Å²) in [6.45, 7) is 8.51. The van der Waals surface area contributed by atoms with Crippen molar-refractivity contribution < 1.29 is 9.53 Å². The molecule has 1 fully saturated rings. The number of ether oxygens (including phenoxy) is 1. The van der Waals surface area contributed by atoms with Gasteiger partial charge < -0.3 is 9.72 Å². The molecule has 1 aromatic rings. The third-order valence-electron chi connectivity index (χ3n) is 2.97. The summed E-state index contributed by atoms with van der Waals surface area (Å²) in [5.74, 6) is 1.30. The third-order valence-corrected chi connectivity index (χ3v) is 2.97. The summed E-state index contributed by atoms with van der Waals surface area (Å²) >= 11 is 0. The number of nitrogens with one attached hydrogen (secondary N) is 1. The molecule has 0 spiro atoms. The van der Waals surface area contributed by atoms with Crippen molar-refractivity contribution in [2.75, 3.05) is 6.54 Å². The van der Waals surface area contributed by atoms with E-state index in [1.54, 1.807) is 17.3 Å². The first kappa shape index (κ1) is 12.9. The Morgan fingerprint density at radius 1 is 1.56 bits per heavy atom. The van der Waals surface area contributed by atoms with Gasteiger partial charge >= 0.3 is 6.09 Å². The van der Waals surface area contributed by atoms with Crippen LogP contribution in [0.3, 0.4) is 0 Å². The lowest BCUT2D eigenvalue weighted by atomic mass is 10.1. The predicted octanol–water partition coefficient (Wildman–Crippen LogP) is 2.73. The molecule has 1 saturated heterocycles. The van der Waals surface area contributed by atoms with Crippen LogP contribution in [0, 0.1) is 5.92 Å². The number of carbonyl (C=O) groups excluding carboxylic acids is 1. The molecule has 1 N–H and O–H groups in total. The summed E-state index contributed by atoms with van der Waals surface area (Å²) in [6.07, 6.45) is 4.16. The molecule has 0 aromatic carbocycles. The monoisotopic (exact) mass is 251 g/mol. The number of carbonyl (C=O) groups is 1. The number of nitrogens with zero attached hydrogens (tertiary/aromatic N) is 2. The minimum atomic E-state index is -0.462. The fourth-order valence-electron chi connectivity index (χ4n) is 2.29. The second kappa shape index (κ2) is 4.63. The number of H-pyrrole nitrogens is 1. The Balaban J connectivity index is 2.13. The van der Waals surface area contributed by atoms with Gasteiger partial charge in [-0.1, -0.05) is 6.92 Å². The van der Waals surface area contributed by atoms with E-state index in [2.05, 4.69) is 16.9 Å². The van der Waals surface area contributed by atoms with Crippen LogP contribution in [0.4, 0.5) is 4.79 Å². The predicted molar refractivity (Wildman–Crippen MR) is 68.0 cm³/mol. The van der Waals surface area contributed by atoms with Gasteiger partial charge in [-0.2, -0.15) is 0 Å². The van der Waals surface area contributed by atoms with Gasteiger partial charge in [0.25, 0.3) is 0 Å². The van der Waals surface area contributed by atoms with Crippen molar-refractivity contribution in [3.8, 4) is 0 Å². The van der Waals surface area contributed by atoms with Crippen LogP contribution in [0.1, 0.15) is 46.0 Å². The van der Waals surface area contributed by atoms with Crippen molar-refractivity contribution in [1.29, 1.82) is 0 Å². The van der Waals surface area contributed by atoms with Crippen molar-refractivity contribution in [3.05, 3.63) is 18.2 Å². The second-order valence-corrected chi connectivity index (χ2v) is 5.96. The van der Waals surface area contributed by atoms with Crippen LogP contribution >= 0.6 is 0 Å². The van der Waals surface area contributed by atoms with Gasteiger partial charge in [-0.3, -0.25) is 4.90 Å². The van der Waals surface area contributed by atoms with Gasteiger partial charge in [-0.25, -0.2) is 9.78 Å². The minimum absolute atomic E-state index is 0.00449. The Hall–Kier alpha value is -1.52. The summed E-state index contributed by atoms with van der Waals surface area (Å²) < 4.78 is 5.44. The molecule has 1 aliphatic rings. The SMILES string of the molecule is CC1CC(c2ncc[nH]2)N(C(=O)OC(C)(C)C)C1. The maximum atomic E-state index is 12.2. The molecule has 18 heavy (non-hydrogen) atoms. The molecule has 100 valence electrons. The summed E-state index contributed by atoms with van der Waals surface area (Å²) in [6, 6.07) is 0.00449. The maximum Gasteiger partial charge on any atom is 0.410 e. The number of aromatic nitrogens is 2. The van der Waals surface area contributed by atoms with Crippen LogP contribution in [0.25, 0.3) is 0 Å². The Kier molecular flexibility index (Phi) is 3.32. The first-order valence-electron chi connectivity index (χ1n) is 6.35. The first-order valence-corrected chi connectivity index (χ1v) is 6.35. The van der Waals surface area contributed by atoms with E-state index in [-0.39, 0.29) is 12.1 Å². The smallest absolute Gasteiger partial charge is 0.410 e. The van der Waals surface area contributed by atoms with E-state index in [9.17, 15) is 4.79 Å². The topological polar surface area (TPSA) is 58.2 Å². The molecule has 0 bridgehead atoms. The standard InChI is InChI=1S/C13H21N3O2/c1-9-7-10(11-14-5-6-15-11)16(8-9)12(17)18-13(2,3)4/h5-6,9-10H,7-8H2,1-4H3,(H,14,15). The molecule has 0 saturated carbocycles. The van der Waals surface area contributed by atoms with E-state index >= 15 is 0 Å². The van der Waals surface area contributed by atoms with E-state index in [0.29, 0.717) is 5.92 Å². The van der Waals surface area contributed by atoms with Crippen LogP contribution in [0.5, 0.6) is 0 Å². The Bertz CT molecular complexity index is 408. The zero-order valence-corrected chi connectivity index (χ0v) is 11.4. The summed E-state index contributed by atoms with van der Waals surface area (Å²) in [5, 5.41) is 0. The van der Waals surface area contributed by atoms with Crippen LogP contribution in [-0.4, -0.2) is 33.1 Å².